The van der Waals surface area contributed by atoms with Crippen molar-refractivity contribution in [1.82, 2.24) is 5.32 Å². The van der Waals surface area contributed by atoms with E-state index < -0.39 is 0 Å². The Morgan fingerprint density at radius 1 is 1.10 bits per heavy atom. The van der Waals surface area contributed by atoms with Crippen molar-refractivity contribution in [3.8, 4) is 0 Å². The third kappa shape index (κ3) is 3.47. The molecule has 3 aliphatic rings. The smallest absolute Gasteiger partial charge is 0.0685 e. The van der Waals surface area contributed by atoms with Crippen LogP contribution in [0.5, 0.6) is 0 Å². The number of ether oxygens (including phenoxy) is 1. The molecule has 1 N–H and O–H groups in total. The second kappa shape index (κ2) is 7.00. The van der Waals surface area contributed by atoms with Gasteiger partial charge in [0.2, 0.25) is 0 Å². The van der Waals surface area contributed by atoms with Gasteiger partial charge in [0, 0.05) is 12.6 Å². The molecule has 0 aromatic carbocycles. The van der Waals surface area contributed by atoms with Gasteiger partial charge in [0.15, 0.2) is 0 Å². The van der Waals surface area contributed by atoms with E-state index in [9.17, 15) is 0 Å². The molecule has 2 aliphatic carbocycles. The molecule has 0 radical (unpaired) electrons. The minimum atomic E-state index is 0.303. The zero-order valence-corrected chi connectivity index (χ0v) is 14.2. The number of nitrogens with one attached hydrogen (secondary N) is 1. The fourth-order valence-corrected chi connectivity index (χ4v) is 5.39. The van der Waals surface area contributed by atoms with Gasteiger partial charge in [-0.1, -0.05) is 32.6 Å². The van der Waals surface area contributed by atoms with Crippen molar-refractivity contribution in [2.75, 3.05) is 13.7 Å². The molecule has 2 nitrogen and oxygen atoms in total. The molecule has 2 heteroatoms. The number of rotatable bonds is 5. The normalized spacial score (nSPS) is 37.1. The lowest BCUT2D eigenvalue weighted by atomic mass is 9.66. The zero-order valence-electron chi connectivity index (χ0n) is 14.2. The Bertz CT molecular complexity index is 318. The maximum Gasteiger partial charge on any atom is 0.0685 e. The lowest BCUT2D eigenvalue weighted by Gasteiger charge is -2.50. The Hall–Kier alpha value is -0.0800. The third-order valence-corrected chi connectivity index (χ3v) is 6.73. The summed E-state index contributed by atoms with van der Waals surface area (Å²) in [6, 6.07) is 0.744. The summed E-state index contributed by atoms with van der Waals surface area (Å²) in [5.41, 5.74) is 0.303. The van der Waals surface area contributed by atoms with Crippen LogP contribution in [-0.4, -0.2) is 25.3 Å². The first-order valence-corrected chi connectivity index (χ1v) is 9.57. The average molecular weight is 293 g/mol. The lowest BCUT2D eigenvalue weighted by Crippen LogP contribution is -2.52. The van der Waals surface area contributed by atoms with E-state index in [4.69, 9.17) is 4.74 Å². The van der Waals surface area contributed by atoms with Crippen LogP contribution in [0.15, 0.2) is 0 Å². The lowest BCUT2D eigenvalue weighted by molar-refractivity contribution is -0.149. The Morgan fingerprint density at radius 2 is 1.86 bits per heavy atom. The van der Waals surface area contributed by atoms with Gasteiger partial charge in [-0.25, -0.2) is 0 Å². The van der Waals surface area contributed by atoms with Gasteiger partial charge in [0.1, 0.15) is 0 Å². The van der Waals surface area contributed by atoms with Crippen molar-refractivity contribution in [2.45, 2.75) is 89.2 Å². The predicted octanol–water partition coefficient (Wildman–Crippen LogP) is 4.53. The number of hydrogen-bond donors (Lipinski definition) is 1. The van der Waals surface area contributed by atoms with E-state index in [-0.39, 0.29) is 0 Å². The van der Waals surface area contributed by atoms with E-state index in [1.54, 1.807) is 0 Å². The van der Waals surface area contributed by atoms with Gasteiger partial charge >= 0.3 is 0 Å². The molecule has 122 valence electrons. The highest BCUT2D eigenvalue weighted by atomic mass is 16.5. The molecular weight excluding hydrogens is 258 g/mol. The first-order valence-electron chi connectivity index (χ1n) is 9.57. The molecule has 1 spiro atoms. The van der Waals surface area contributed by atoms with Crippen LogP contribution in [0.2, 0.25) is 0 Å². The molecule has 0 amide bonds. The summed E-state index contributed by atoms with van der Waals surface area (Å²) in [7, 11) is 2.20. The van der Waals surface area contributed by atoms with E-state index in [1.807, 2.05) is 0 Å². The van der Waals surface area contributed by atoms with Gasteiger partial charge < -0.3 is 10.1 Å². The van der Waals surface area contributed by atoms with Gasteiger partial charge in [0.05, 0.1) is 5.60 Å². The summed E-state index contributed by atoms with van der Waals surface area (Å²) >= 11 is 0. The summed E-state index contributed by atoms with van der Waals surface area (Å²) in [6.07, 6.45) is 15.3. The van der Waals surface area contributed by atoms with E-state index in [0.29, 0.717) is 5.60 Å². The quantitative estimate of drug-likeness (QED) is 0.804. The standard InChI is InChI=1S/C19H35NO/c1-3-5-15-6-8-16(9-7-15)18(20-2)17-10-13-21-19(14-17)11-4-12-19/h15-18,20H,3-14H2,1-2H3. The molecule has 0 aromatic heterocycles. The minimum Gasteiger partial charge on any atom is -0.375 e. The maximum absolute atomic E-state index is 6.13. The predicted molar refractivity (Wildman–Crippen MR) is 88.5 cm³/mol. The monoisotopic (exact) mass is 293 g/mol. The van der Waals surface area contributed by atoms with Gasteiger partial charge in [-0.05, 0) is 69.7 Å². The molecule has 1 aliphatic heterocycles. The Kier molecular flexibility index (Phi) is 5.27. The van der Waals surface area contributed by atoms with Crippen molar-refractivity contribution in [3.05, 3.63) is 0 Å². The molecule has 0 bridgehead atoms. The summed E-state index contributed by atoms with van der Waals surface area (Å²) < 4.78 is 6.13. The Morgan fingerprint density at radius 3 is 2.43 bits per heavy atom. The molecule has 2 saturated carbocycles. The minimum absolute atomic E-state index is 0.303. The fourth-order valence-electron chi connectivity index (χ4n) is 5.39. The van der Waals surface area contributed by atoms with Crippen LogP contribution in [0.3, 0.4) is 0 Å². The highest BCUT2D eigenvalue weighted by molar-refractivity contribution is 4.98. The van der Waals surface area contributed by atoms with Crippen molar-refractivity contribution < 1.29 is 4.74 Å². The largest absolute Gasteiger partial charge is 0.375 e. The van der Waals surface area contributed by atoms with Crippen molar-refractivity contribution in [1.29, 1.82) is 0 Å². The molecule has 3 fully saturated rings. The van der Waals surface area contributed by atoms with Gasteiger partial charge in [0.25, 0.3) is 0 Å². The molecule has 0 aromatic rings. The van der Waals surface area contributed by atoms with Crippen molar-refractivity contribution in [3.63, 3.8) is 0 Å². The second-order valence-corrected chi connectivity index (χ2v) is 8.02. The number of hydrogen-bond acceptors (Lipinski definition) is 2. The average Bonchev–Trinajstić information content (AvgIpc) is 2.49. The van der Waals surface area contributed by atoms with Gasteiger partial charge in [-0.15, -0.1) is 0 Å². The van der Waals surface area contributed by atoms with Crippen LogP contribution in [0.25, 0.3) is 0 Å². The van der Waals surface area contributed by atoms with Crippen LogP contribution in [0.4, 0.5) is 0 Å². The molecule has 3 rings (SSSR count). The SMILES string of the molecule is CCCC1CCC(C(NC)C2CCOC3(CCC3)C2)CC1. The second-order valence-electron chi connectivity index (χ2n) is 8.02. The Balaban J connectivity index is 1.55. The highest BCUT2D eigenvalue weighted by Gasteiger charge is 2.45. The molecule has 2 unspecified atom stereocenters. The van der Waals surface area contributed by atoms with Crippen LogP contribution < -0.4 is 5.32 Å². The van der Waals surface area contributed by atoms with Gasteiger partial charge in [-0.3, -0.25) is 0 Å². The third-order valence-electron chi connectivity index (χ3n) is 6.73. The molecule has 21 heavy (non-hydrogen) atoms. The molecule has 2 atom stereocenters. The van der Waals surface area contributed by atoms with E-state index >= 15 is 0 Å². The zero-order chi connectivity index (χ0) is 14.7. The summed E-state index contributed by atoms with van der Waals surface area (Å²) in [4.78, 5) is 0. The molecule has 1 saturated heterocycles. The maximum atomic E-state index is 6.13. The summed E-state index contributed by atoms with van der Waals surface area (Å²) in [5.74, 6) is 2.80. The van der Waals surface area contributed by atoms with E-state index in [2.05, 4.69) is 19.3 Å². The van der Waals surface area contributed by atoms with Crippen molar-refractivity contribution in [2.24, 2.45) is 17.8 Å². The van der Waals surface area contributed by atoms with Crippen LogP contribution in [-0.2, 0) is 4.74 Å². The first-order chi connectivity index (χ1) is 10.3. The molecular formula is C19H35NO. The van der Waals surface area contributed by atoms with Gasteiger partial charge in [-0.2, -0.15) is 0 Å². The molecule has 1 heterocycles. The van der Waals surface area contributed by atoms with Crippen LogP contribution in [0, 0.1) is 17.8 Å². The summed E-state index contributed by atoms with van der Waals surface area (Å²) in [5, 5.41) is 3.72. The van der Waals surface area contributed by atoms with Crippen LogP contribution in [0.1, 0.15) is 77.6 Å². The highest BCUT2D eigenvalue weighted by Crippen LogP contribution is 2.47. The van der Waals surface area contributed by atoms with Crippen molar-refractivity contribution >= 4 is 0 Å². The van der Waals surface area contributed by atoms with Crippen LogP contribution >= 0.6 is 0 Å². The van der Waals surface area contributed by atoms with E-state index in [0.717, 1.165) is 30.4 Å². The fraction of sp³-hybridized carbons (Fsp3) is 1.00. The van der Waals surface area contributed by atoms with E-state index in [1.165, 1.54) is 70.6 Å². The topological polar surface area (TPSA) is 21.3 Å². The Labute approximate surface area is 131 Å². The summed E-state index contributed by atoms with van der Waals surface area (Å²) in [6.45, 7) is 3.34. The first kappa shape index (κ1) is 15.8.